The Kier molecular flexibility index (Phi) is 9.01. The van der Waals surface area contributed by atoms with Gasteiger partial charge in [0, 0.05) is 16.0 Å². The maximum atomic E-state index is 11.6. The molecular weight excluding hydrogens is 532 g/mol. The molecule has 6 nitrogen and oxygen atoms in total. The Hall–Kier alpha value is -3.55. The molecule has 1 aromatic heterocycles. The first kappa shape index (κ1) is 27.0. The molecule has 0 bridgehead atoms. The van der Waals surface area contributed by atoms with Crippen molar-refractivity contribution in [3.63, 3.8) is 0 Å². The molecule has 2 N–H and O–H groups in total. The Bertz CT molecular complexity index is 1400. The molecule has 8 heteroatoms. The number of carboxylic acids is 1. The van der Waals surface area contributed by atoms with Crippen molar-refractivity contribution in [1.82, 2.24) is 4.98 Å². The Labute approximate surface area is 237 Å². The molecule has 0 spiro atoms. The molecule has 1 aliphatic rings. The molecule has 1 saturated carbocycles. The van der Waals surface area contributed by atoms with Crippen molar-refractivity contribution in [2.24, 2.45) is 5.92 Å². The first-order chi connectivity index (χ1) is 19.0. The molecule has 0 unspecified atom stereocenters. The number of benzene rings is 3. The lowest BCUT2D eigenvalue weighted by Gasteiger charge is -2.21. The van der Waals surface area contributed by atoms with Gasteiger partial charge in [-0.05, 0) is 54.3 Å². The van der Waals surface area contributed by atoms with Crippen LogP contribution >= 0.6 is 22.9 Å². The third-order valence-corrected chi connectivity index (χ3v) is 7.93. The number of aromatic carboxylic acids is 1. The molecule has 0 amide bonds. The predicted molar refractivity (Wildman–Crippen MR) is 157 cm³/mol. The van der Waals surface area contributed by atoms with Gasteiger partial charge < -0.3 is 19.9 Å². The van der Waals surface area contributed by atoms with Crippen LogP contribution in [-0.2, 0) is 6.61 Å². The van der Waals surface area contributed by atoms with E-state index in [1.165, 1.54) is 43.4 Å². The van der Waals surface area contributed by atoms with Crippen LogP contribution in [0.4, 0.5) is 10.8 Å². The molecule has 4 aromatic rings. The van der Waals surface area contributed by atoms with E-state index in [0.717, 1.165) is 23.2 Å². The van der Waals surface area contributed by atoms with Gasteiger partial charge in [0.25, 0.3) is 0 Å². The van der Waals surface area contributed by atoms with Crippen LogP contribution in [0.3, 0.4) is 0 Å². The molecule has 5 rings (SSSR count). The highest BCUT2D eigenvalue weighted by molar-refractivity contribution is 7.14. The zero-order valence-corrected chi connectivity index (χ0v) is 23.1. The van der Waals surface area contributed by atoms with Crippen LogP contribution < -0.4 is 14.8 Å². The third-order valence-electron chi connectivity index (χ3n) is 6.94. The molecule has 3 aromatic carbocycles. The quantitative estimate of drug-likeness (QED) is 0.190. The van der Waals surface area contributed by atoms with E-state index in [2.05, 4.69) is 5.32 Å². The van der Waals surface area contributed by atoms with Gasteiger partial charge >= 0.3 is 5.97 Å². The number of halogens is 1. The van der Waals surface area contributed by atoms with Gasteiger partial charge in [-0.3, -0.25) is 0 Å². The Morgan fingerprint density at radius 1 is 1.00 bits per heavy atom. The van der Waals surface area contributed by atoms with E-state index >= 15 is 0 Å². The van der Waals surface area contributed by atoms with Gasteiger partial charge in [0.2, 0.25) is 0 Å². The van der Waals surface area contributed by atoms with Gasteiger partial charge in [-0.25, -0.2) is 9.78 Å². The monoisotopic (exact) mass is 562 g/mol. The van der Waals surface area contributed by atoms with E-state index in [1.807, 2.05) is 47.8 Å². The van der Waals surface area contributed by atoms with Crippen LogP contribution in [0, 0.1) is 5.92 Å². The van der Waals surface area contributed by atoms with Crippen LogP contribution in [0.1, 0.15) is 54.4 Å². The SMILES string of the molecule is O=C(O)c1ccc(Nc2nc(-c3cc(Cl)ccc3OCc3ccccc3)cs2)c(OCCC2CCCCC2)c1. The van der Waals surface area contributed by atoms with Gasteiger partial charge in [0.15, 0.2) is 5.13 Å². The van der Waals surface area contributed by atoms with Crippen molar-refractivity contribution in [3.05, 3.63) is 88.3 Å². The van der Waals surface area contributed by atoms with Crippen LogP contribution in [0.5, 0.6) is 11.5 Å². The summed E-state index contributed by atoms with van der Waals surface area (Å²) in [5.74, 6) is 0.893. The second kappa shape index (κ2) is 13.0. The number of hydrogen-bond donors (Lipinski definition) is 2. The number of ether oxygens (including phenoxy) is 2. The number of carboxylic acid groups (broad SMARTS) is 1. The summed E-state index contributed by atoms with van der Waals surface area (Å²) in [6.07, 6.45) is 7.34. The van der Waals surface area contributed by atoms with E-state index in [4.69, 9.17) is 26.1 Å². The van der Waals surface area contributed by atoms with Crippen molar-refractivity contribution in [3.8, 4) is 22.8 Å². The summed E-state index contributed by atoms with van der Waals surface area (Å²) in [5, 5.41) is 16.0. The molecule has 1 fully saturated rings. The Balaban J connectivity index is 1.32. The van der Waals surface area contributed by atoms with Gasteiger partial charge in [0.05, 0.1) is 23.6 Å². The van der Waals surface area contributed by atoms with E-state index in [1.54, 1.807) is 24.3 Å². The maximum absolute atomic E-state index is 11.6. The summed E-state index contributed by atoms with van der Waals surface area (Å²) in [4.78, 5) is 16.4. The van der Waals surface area contributed by atoms with Gasteiger partial charge in [-0.1, -0.05) is 74.0 Å². The molecule has 202 valence electrons. The minimum atomic E-state index is -0.987. The fourth-order valence-electron chi connectivity index (χ4n) is 4.82. The van der Waals surface area contributed by atoms with Crippen LogP contribution in [0.2, 0.25) is 5.02 Å². The van der Waals surface area contributed by atoms with E-state index < -0.39 is 5.97 Å². The first-order valence-electron chi connectivity index (χ1n) is 13.2. The highest BCUT2D eigenvalue weighted by Gasteiger charge is 2.17. The van der Waals surface area contributed by atoms with E-state index in [9.17, 15) is 9.90 Å². The number of thiazole rings is 1. The van der Waals surface area contributed by atoms with Crippen LogP contribution in [-0.4, -0.2) is 22.7 Å². The summed E-state index contributed by atoms with van der Waals surface area (Å²) in [7, 11) is 0. The Morgan fingerprint density at radius 2 is 1.82 bits per heavy atom. The minimum Gasteiger partial charge on any atom is -0.491 e. The topological polar surface area (TPSA) is 80.7 Å². The first-order valence-corrected chi connectivity index (χ1v) is 14.5. The number of anilines is 2. The number of rotatable bonds is 11. The zero-order valence-electron chi connectivity index (χ0n) is 21.6. The predicted octanol–water partition coefficient (Wildman–Crippen LogP) is 8.83. The molecule has 1 aliphatic carbocycles. The fourth-order valence-corrected chi connectivity index (χ4v) is 5.72. The molecule has 0 radical (unpaired) electrons. The number of aromatic nitrogens is 1. The Morgan fingerprint density at radius 3 is 2.62 bits per heavy atom. The summed E-state index contributed by atoms with van der Waals surface area (Å²) in [6, 6.07) is 20.4. The molecular formula is C31H31ClN2O4S. The smallest absolute Gasteiger partial charge is 0.335 e. The lowest BCUT2D eigenvalue weighted by Crippen LogP contribution is -2.11. The fraction of sp³-hybridized carbons (Fsp3) is 0.290. The molecule has 0 saturated heterocycles. The van der Waals surface area contributed by atoms with Crippen molar-refractivity contribution < 1.29 is 19.4 Å². The van der Waals surface area contributed by atoms with Gasteiger partial charge in [-0.2, -0.15) is 0 Å². The number of carbonyl (C=O) groups is 1. The van der Waals surface area contributed by atoms with Crippen molar-refractivity contribution in [2.75, 3.05) is 11.9 Å². The average molecular weight is 563 g/mol. The van der Waals surface area contributed by atoms with Gasteiger partial charge in [0.1, 0.15) is 18.1 Å². The van der Waals surface area contributed by atoms with Crippen LogP contribution in [0.25, 0.3) is 11.3 Å². The molecule has 1 heterocycles. The molecule has 0 atom stereocenters. The summed E-state index contributed by atoms with van der Waals surface area (Å²) in [6.45, 7) is 0.984. The largest absolute Gasteiger partial charge is 0.491 e. The molecule has 0 aliphatic heterocycles. The highest BCUT2D eigenvalue weighted by Crippen LogP contribution is 2.37. The standard InChI is InChI=1S/C31H31ClN2O4S/c32-24-12-14-28(38-19-22-9-5-2-6-10-22)25(18-24)27-20-39-31(34-27)33-26-13-11-23(30(35)36)17-29(26)37-16-15-21-7-3-1-4-8-21/h2,5-6,9-14,17-18,20-21H,1,3-4,7-8,15-16,19H2,(H,33,34)(H,35,36). The normalized spacial score (nSPS) is 13.7. The summed E-state index contributed by atoms with van der Waals surface area (Å²) >= 11 is 7.77. The second-order valence-corrected chi connectivity index (χ2v) is 11.0. The van der Waals surface area contributed by atoms with E-state index in [-0.39, 0.29) is 5.56 Å². The summed E-state index contributed by atoms with van der Waals surface area (Å²) < 4.78 is 12.2. The second-order valence-electron chi connectivity index (χ2n) is 9.73. The lowest BCUT2D eigenvalue weighted by molar-refractivity contribution is 0.0696. The minimum absolute atomic E-state index is 0.187. The van der Waals surface area contributed by atoms with Crippen molar-refractivity contribution >= 4 is 39.7 Å². The number of hydrogen-bond acceptors (Lipinski definition) is 6. The van der Waals surface area contributed by atoms with Crippen molar-refractivity contribution in [1.29, 1.82) is 0 Å². The highest BCUT2D eigenvalue weighted by atomic mass is 35.5. The third kappa shape index (κ3) is 7.31. The average Bonchev–Trinajstić information content (AvgIpc) is 3.42. The number of nitrogens with one attached hydrogen (secondary N) is 1. The lowest BCUT2D eigenvalue weighted by atomic mass is 9.87. The maximum Gasteiger partial charge on any atom is 0.335 e. The zero-order chi connectivity index (χ0) is 27.0. The van der Waals surface area contributed by atoms with Crippen LogP contribution in [0.15, 0.2) is 72.1 Å². The summed E-state index contributed by atoms with van der Waals surface area (Å²) in [5.41, 5.74) is 3.46. The van der Waals surface area contributed by atoms with Crippen molar-refractivity contribution in [2.45, 2.75) is 45.1 Å². The molecule has 39 heavy (non-hydrogen) atoms. The van der Waals surface area contributed by atoms with E-state index in [0.29, 0.717) is 46.5 Å². The van der Waals surface area contributed by atoms with Gasteiger partial charge in [-0.15, -0.1) is 11.3 Å². The number of nitrogens with zero attached hydrogens (tertiary/aromatic N) is 1.